The quantitative estimate of drug-likeness (QED) is 0.723. The summed E-state index contributed by atoms with van der Waals surface area (Å²) in [5, 5.41) is 2.48. The van der Waals surface area contributed by atoms with Crippen molar-refractivity contribution >= 4 is 27.3 Å². The third-order valence-corrected chi connectivity index (χ3v) is 5.32. The van der Waals surface area contributed by atoms with Crippen LogP contribution in [0.4, 0.5) is 24.5 Å². The molecule has 158 valence electrons. The molecule has 0 aliphatic rings. The number of halogens is 3. The molecule has 1 N–H and O–H groups in total. The molecule has 2 aromatic rings. The summed E-state index contributed by atoms with van der Waals surface area (Å²) in [4.78, 5) is 12.7. The molecule has 0 fully saturated rings. The molecule has 10 heteroatoms. The van der Waals surface area contributed by atoms with Gasteiger partial charge in [-0.1, -0.05) is 6.92 Å². The zero-order valence-electron chi connectivity index (χ0n) is 16.0. The fourth-order valence-corrected chi connectivity index (χ4v) is 3.97. The number of alkyl halides is 3. The van der Waals surface area contributed by atoms with Gasteiger partial charge in [-0.3, -0.25) is 9.10 Å². The topological polar surface area (TPSA) is 75.7 Å². The number of amides is 1. The van der Waals surface area contributed by atoms with Gasteiger partial charge in [0, 0.05) is 5.69 Å². The summed E-state index contributed by atoms with van der Waals surface area (Å²) in [5.74, 6) is -0.141. The third-order valence-electron chi connectivity index (χ3n) is 4.14. The number of carbonyl (C=O) groups excluding carboxylic acids is 1. The lowest BCUT2D eigenvalue weighted by Crippen LogP contribution is -2.47. The highest BCUT2D eigenvalue weighted by molar-refractivity contribution is 7.92. The minimum Gasteiger partial charge on any atom is -0.497 e. The van der Waals surface area contributed by atoms with Crippen LogP contribution in [0.25, 0.3) is 0 Å². The van der Waals surface area contributed by atoms with Gasteiger partial charge >= 0.3 is 6.18 Å². The number of nitrogens with zero attached hydrogens (tertiary/aromatic N) is 1. The van der Waals surface area contributed by atoms with E-state index in [1.54, 1.807) is 19.1 Å². The Labute approximate surface area is 167 Å². The van der Waals surface area contributed by atoms with E-state index in [4.69, 9.17) is 4.74 Å². The Balaban J connectivity index is 2.30. The molecular formula is C19H21F3N2O4S. The van der Waals surface area contributed by atoms with E-state index in [1.165, 1.54) is 19.2 Å². The highest BCUT2D eigenvalue weighted by Crippen LogP contribution is 2.30. The number of methoxy groups -OCH3 is 1. The van der Waals surface area contributed by atoms with Crippen LogP contribution in [0.1, 0.15) is 18.9 Å². The van der Waals surface area contributed by atoms with Crippen molar-refractivity contribution in [3.63, 3.8) is 0 Å². The largest absolute Gasteiger partial charge is 0.497 e. The molecule has 1 amide bonds. The average Bonchev–Trinajstić information content (AvgIpc) is 2.64. The number of rotatable bonds is 7. The summed E-state index contributed by atoms with van der Waals surface area (Å²) in [6, 6.07) is 8.96. The van der Waals surface area contributed by atoms with Crippen molar-refractivity contribution in [1.29, 1.82) is 0 Å². The number of sulfonamides is 1. The van der Waals surface area contributed by atoms with E-state index in [9.17, 15) is 26.4 Å². The summed E-state index contributed by atoms with van der Waals surface area (Å²) in [6.45, 7) is 1.64. The minimum absolute atomic E-state index is 0.129. The smallest absolute Gasteiger partial charge is 0.416 e. The lowest BCUT2D eigenvalue weighted by molar-refractivity contribution is -0.137. The van der Waals surface area contributed by atoms with Gasteiger partial charge in [-0.2, -0.15) is 13.2 Å². The molecule has 0 radical (unpaired) electrons. The van der Waals surface area contributed by atoms with Crippen LogP contribution in [0.3, 0.4) is 0 Å². The Morgan fingerprint density at radius 1 is 1.10 bits per heavy atom. The van der Waals surface area contributed by atoms with Gasteiger partial charge in [-0.15, -0.1) is 0 Å². The number of carbonyl (C=O) groups is 1. The third kappa shape index (κ3) is 5.63. The van der Waals surface area contributed by atoms with Gasteiger partial charge in [0.2, 0.25) is 15.9 Å². The van der Waals surface area contributed by atoms with Crippen LogP contribution in [0.2, 0.25) is 0 Å². The van der Waals surface area contributed by atoms with Gasteiger partial charge in [0.05, 0.1) is 24.6 Å². The van der Waals surface area contributed by atoms with Gasteiger partial charge in [-0.25, -0.2) is 8.42 Å². The lowest BCUT2D eigenvalue weighted by Gasteiger charge is -2.30. The van der Waals surface area contributed by atoms with Crippen molar-refractivity contribution in [2.24, 2.45) is 0 Å². The molecule has 2 aromatic carbocycles. The molecule has 0 aromatic heterocycles. The second-order valence-electron chi connectivity index (χ2n) is 6.25. The van der Waals surface area contributed by atoms with Crippen molar-refractivity contribution in [3.8, 4) is 5.75 Å². The molecule has 0 unspecified atom stereocenters. The molecule has 6 nitrogen and oxygen atoms in total. The van der Waals surface area contributed by atoms with E-state index in [2.05, 4.69) is 5.32 Å². The van der Waals surface area contributed by atoms with Crippen molar-refractivity contribution in [3.05, 3.63) is 54.1 Å². The summed E-state index contributed by atoms with van der Waals surface area (Å²) in [5.41, 5.74) is -0.453. The molecular weight excluding hydrogens is 409 g/mol. The molecule has 0 heterocycles. The molecule has 1 atom stereocenters. The highest BCUT2D eigenvalue weighted by atomic mass is 32.2. The van der Waals surface area contributed by atoms with Gasteiger partial charge in [-0.05, 0) is 55.0 Å². The predicted molar refractivity (Wildman–Crippen MR) is 104 cm³/mol. The fourth-order valence-electron chi connectivity index (χ4n) is 2.76. The molecule has 2 rings (SSSR count). The number of hydrogen-bond acceptors (Lipinski definition) is 4. The van der Waals surface area contributed by atoms with E-state index in [-0.39, 0.29) is 17.8 Å². The molecule has 0 spiro atoms. The number of anilines is 2. The summed E-state index contributed by atoms with van der Waals surface area (Å²) in [7, 11) is -2.36. The lowest BCUT2D eigenvalue weighted by atomic mass is 10.1. The Kier molecular flexibility index (Phi) is 6.78. The normalized spacial score (nSPS) is 12.9. The van der Waals surface area contributed by atoms with Crippen LogP contribution in [0.5, 0.6) is 5.75 Å². The van der Waals surface area contributed by atoms with E-state index < -0.39 is 33.7 Å². The molecule has 0 bridgehead atoms. The van der Waals surface area contributed by atoms with Crippen molar-refractivity contribution in [1.82, 2.24) is 0 Å². The van der Waals surface area contributed by atoms with Crippen molar-refractivity contribution in [2.45, 2.75) is 25.6 Å². The van der Waals surface area contributed by atoms with Crippen LogP contribution >= 0.6 is 0 Å². The Bertz CT molecular complexity index is 943. The number of hydrogen-bond donors (Lipinski definition) is 1. The first-order valence-electron chi connectivity index (χ1n) is 8.59. The number of nitrogens with one attached hydrogen (secondary N) is 1. The summed E-state index contributed by atoms with van der Waals surface area (Å²) >= 11 is 0. The molecule has 29 heavy (non-hydrogen) atoms. The maximum absolute atomic E-state index is 12.7. The van der Waals surface area contributed by atoms with E-state index in [1.807, 2.05) is 0 Å². The second kappa shape index (κ2) is 8.73. The Morgan fingerprint density at radius 2 is 1.66 bits per heavy atom. The molecule has 0 aliphatic heterocycles. The zero-order chi connectivity index (χ0) is 21.8. The monoisotopic (exact) mass is 430 g/mol. The predicted octanol–water partition coefficient (Wildman–Crippen LogP) is 3.90. The molecule has 0 saturated heterocycles. The minimum atomic E-state index is -4.49. The summed E-state index contributed by atoms with van der Waals surface area (Å²) < 4.78 is 68.8. The van der Waals surface area contributed by atoms with Gasteiger partial charge < -0.3 is 10.1 Å². The van der Waals surface area contributed by atoms with E-state index in [0.717, 1.165) is 34.8 Å². The maximum atomic E-state index is 12.7. The van der Waals surface area contributed by atoms with Crippen LogP contribution in [0.15, 0.2) is 48.5 Å². The Hall–Kier alpha value is -2.75. The van der Waals surface area contributed by atoms with E-state index in [0.29, 0.717) is 5.75 Å². The first-order chi connectivity index (χ1) is 13.5. The van der Waals surface area contributed by atoms with Crippen LogP contribution in [-0.2, 0) is 21.0 Å². The van der Waals surface area contributed by atoms with Gasteiger partial charge in [0.15, 0.2) is 0 Å². The first kappa shape index (κ1) is 22.5. The van der Waals surface area contributed by atoms with Crippen LogP contribution < -0.4 is 14.4 Å². The standard InChI is InChI=1S/C19H21F3N2O4S/c1-4-17(18(25)23-14-7-5-13(6-8-14)19(20,21)22)24(29(3,26)27)15-9-11-16(28-2)12-10-15/h5-12,17H,4H2,1-3H3,(H,23,25)/t17-/m1/s1. The average molecular weight is 430 g/mol. The second-order valence-corrected chi connectivity index (χ2v) is 8.10. The number of ether oxygens (including phenoxy) is 1. The zero-order valence-corrected chi connectivity index (χ0v) is 16.8. The van der Waals surface area contributed by atoms with Crippen LogP contribution in [-0.4, -0.2) is 33.7 Å². The SMILES string of the molecule is CC[C@H](C(=O)Nc1ccc(C(F)(F)F)cc1)N(c1ccc(OC)cc1)S(C)(=O)=O. The van der Waals surface area contributed by atoms with E-state index >= 15 is 0 Å². The number of benzene rings is 2. The van der Waals surface area contributed by atoms with Crippen molar-refractivity contribution < 1.29 is 31.1 Å². The van der Waals surface area contributed by atoms with Crippen LogP contribution in [0, 0.1) is 0 Å². The Morgan fingerprint density at radius 3 is 2.07 bits per heavy atom. The van der Waals surface area contributed by atoms with Crippen molar-refractivity contribution in [2.75, 3.05) is 23.0 Å². The first-order valence-corrected chi connectivity index (χ1v) is 10.4. The molecule has 0 aliphatic carbocycles. The van der Waals surface area contributed by atoms with Gasteiger partial charge in [0.1, 0.15) is 11.8 Å². The maximum Gasteiger partial charge on any atom is 0.416 e. The fraction of sp³-hybridized carbons (Fsp3) is 0.316. The highest BCUT2D eigenvalue weighted by Gasteiger charge is 2.32. The summed E-state index contributed by atoms with van der Waals surface area (Å²) in [6.07, 6.45) is -3.37. The molecule has 0 saturated carbocycles. The van der Waals surface area contributed by atoms with Gasteiger partial charge in [0.25, 0.3) is 0 Å².